The van der Waals surface area contributed by atoms with Crippen molar-refractivity contribution < 1.29 is 35.9 Å². The van der Waals surface area contributed by atoms with Crippen LogP contribution in [0.15, 0.2) is 0 Å². The van der Waals surface area contributed by atoms with Gasteiger partial charge in [-0.1, -0.05) is 13.8 Å². The minimum absolute atomic E-state index is 0.0829. The van der Waals surface area contributed by atoms with Crippen LogP contribution < -0.4 is 0 Å². The van der Waals surface area contributed by atoms with Crippen LogP contribution in [0.1, 0.15) is 40.0 Å². The van der Waals surface area contributed by atoms with Crippen LogP contribution in [0.3, 0.4) is 0 Å². The molecule has 3 unspecified atom stereocenters. The van der Waals surface area contributed by atoms with Gasteiger partial charge in [-0.05, 0) is 38.0 Å². The molecular weight excluding hydrogens is 302 g/mol. The summed E-state index contributed by atoms with van der Waals surface area (Å²) in [6, 6.07) is 0. The molecule has 21 heavy (non-hydrogen) atoms. The van der Waals surface area contributed by atoms with Crippen LogP contribution in [0.4, 0.5) is 26.3 Å². The van der Waals surface area contributed by atoms with Crippen LogP contribution >= 0.6 is 0 Å². The summed E-state index contributed by atoms with van der Waals surface area (Å²) in [5, 5.41) is 0. The lowest BCUT2D eigenvalue weighted by atomic mass is 9.80. The summed E-state index contributed by atoms with van der Waals surface area (Å²) >= 11 is 0. The van der Waals surface area contributed by atoms with Gasteiger partial charge in [0.25, 0.3) is 5.41 Å². The molecule has 0 amide bonds. The van der Waals surface area contributed by atoms with Crippen LogP contribution in [0.25, 0.3) is 0 Å². The highest BCUT2D eigenvalue weighted by atomic mass is 19.4. The first-order valence-electron chi connectivity index (χ1n) is 6.65. The van der Waals surface area contributed by atoms with Gasteiger partial charge in [-0.25, -0.2) is 0 Å². The van der Waals surface area contributed by atoms with E-state index in [-0.39, 0.29) is 25.7 Å². The Hall–Kier alpha value is -0.950. The van der Waals surface area contributed by atoms with E-state index >= 15 is 0 Å². The molecule has 1 rings (SSSR count). The van der Waals surface area contributed by atoms with E-state index in [0.29, 0.717) is 12.3 Å². The second-order valence-corrected chi connectivity index (χ2v) is 5.92. The Morgan fingerprint density at radius 1 is 0.952 bits per heavy atom. The van der Waals surface area contributed by atoms with Crippen molar-refractivity contribution in [2.45, 2.75) is 58.5 Å². The van der Waals surface area contributed by atoms with Crippen molar-refractivity contribution in [2.24, 2.45) is 17.3 Å². The van der Waals surface area contributed by atoms with Crippen molar-refractivity contribution in [3.05, 3.63) is 0 Å². The maximum atomic E-state index is 12.7. The average Bonchev–Trinajstić information content (AvgIpc) is 2.29. The smallest absolute Gasteiger partial charge is 0.413 e. The number of halogens is 6. The standard InChI is InChI=1S/C13H18F6O2/c1-7-4-5-9(6-8(7)2)21-10(20)11(3,12(14,15)16)13(17,18)19/h7-9H,4-6H2,1-3H3. The third kappa shape index (κ3) is 3.45. The largest absolute Gasteiger partial charge is 0.461 e. The van der Waals surface area contributed by atoms with E-state index in [2.05, 4.69) is 4.74 Å². The van der Waals surface area contributed by atoms with Crippen molar-refractivity contribution >= 4 is 5.97 Å². The molecule has 0 bridgehead atoms. The first-order valence-corrected chi connectivity index (χ1v) is 6.65. The van der Waals surface area contributed by atoms with E-state index in [1.54, 1.807) is 0 Å². The zero-order valence-corrected chi connectivity index (χ0v) is 11.9. The Morgan fingerprint density at radius 3 is 1.81 bits per heavy atom. The van der Waals surface area contributed by atoms with Gasteiger partial charge < -0.3 is 4.74 Å². The Labute approximate surface area is 118 Å². The Bertz CT molecular complexity index is 373. The van der Waals surface area contributed by atoms with Gasteiger partial charge in [0.2, 0.25) is 0 Å². The fourth-order valence-corrected chi connectivity index (χ4v) is 2.27. The molecule has 8 heteroatoms. The molecule has 0 N–H and O–H groups in total. The SMILES string of the molecule is CC1CCC(OC(=O)C(C)(C(F)(F)F)C(F)(F)F)CC1C. The van der Waals surface area contributed by atoms with Crippen LogP contribution in [-0.4, -0.2) is 24.4 Å². The summed E-state index contributed by atoms with van der Waals surface area (Å²) in [6.45, 7) is 3.60. The van der Waals surface area contributed by atoms with Gasteiger partial charge >= 0.3 is 18.3 Å². The second-order valence-electron chi connectivity index (χ2n) is 5.92. The lowest BCUT2D eigenvalue weighted by Crippen LogP contribution is -2.55. The maximum Gasteiger partial charge on any atom is 0.413 e. The minimum atomic E-state index is -5.75. The highest BCUT2D eigenvalue weighted by molar-refractivity contribution is 5.78. The summed E-state index contributed by atoms with van der Waals surface area (Å²) < 4.78 is 80.9. The number of hydrogen-bond donors (Lipinski definition) is 0. The van der Waals surface area contributed by atoms with Gasteiger partial charge in [0.15, 0.2) is 0 Å². The molecule has 0 aromatic rings. The number of rotatable bonds is 2. The molecule has 124 valence electrons. The summed E-state index contributed by atoms with van der Waals surface area (Å²) in [7, 11) is 0. The normalized spacial score (nSPS) is 28.3. The van der Waals surface area contributed by atoms with E-state index < -0.39 is 29.8 Å². The summed E-state index contributed by atoms with van der Waals surface area (Å²) in [5.41, 5.74) is -4.49. The highest BCUT2D eigenvalue weighted by Gasteiger charge is 2.73. The third-order valence-corrected chi connectivity index (χ3v) is 4.37. The molecule has 1 aliphatic carbocycles. The van der Waals surface area contributed by atoms with Crippen LogP contribution in [0.2, 0.25) is 0 Å². The van der Waals surface area contributed by atoms with Gasteiger partial charge in [0, 0.05) is 0 Å². The minimum Gasteiger partial charge on any atom is -0.461 e. The Morgan fingerprint density at radius 2 is 1.43 bits per heavy atom. The number of ether oxygens (including phenoxy) is 1. The molecular formula is C13H18F6O2. The van der Waals surface area contributed by atoms with Crippen molar-refractivity contribution in [1.82, 2.24) is 0 Å². The lowest BCUT2D eigenvalue weighted by Gasteiger charge is -2.36. The molecule has 1 aliphatic rings. The van der Waals surface area contributed by atoms with Gasteiger partial charge in [0.05, 0.1) is 0 Å². The monoisotopic (exact) mass is 320 g/mol. The summed E-state index contributed by atoms with van der Waals surface area (Å²) in [4.78, 5) is 11.6. The van der Waals surface area contributed by atoms with Crippen LogP contribution in [-0.2, 0) is 9.53 Å². The van der Waals surface area contributed by atoms with Crippen molar-refractivity contribution in [3.8, 4) is 0 Å². The molecule has 0 radical (unpaired) electrons. The number of esters is 1. The van der Waals surface area contributed by atoms with Crippen LogP contribution in [0.5, 0.6) is 0 Å². The summed E-state index contributed by atoms with van der Waals surface area (Å²) in [6.07, 6.45) is -11.2. The quantitative estimate of drug-likeness (QED) is 0.554. The van der Waals surface area contributed by atoms with E-state index in [0.717, 1.165) is 0 Å². The molecule has 0 saturated heterocycles. The molecule has 0 spiro atoms. The highest BCUT2D eigenvalue weighted by Crippen LogP contribution is 2.51. The van der Waals surface area contributed by atoms with Crippen LogP contribution in [0, 0.1) is 17.3 Å². The Kier molecular flexibility index (Phi) is 4.90. The zero-order chi connectivity index (χ0) is 16.6. The van der Waals surface area contributed by atoms with Crippen molar-refractivity contribution in [1.29, 1.82) is 0 Å². The maximum absolute atomic E-state index is 12.7. The fraction of sp³-hybridized carbons (Fsp3) is 0.923. The number of hydrogen-bond acceptors (Lipinski definition) is 2. The fourth-order valence-electron chi connectivity index (χ4n) is 2.27. The predicted molar refractivity (Wildman–Crippen MR) is 62.3 cm³/mol. The topological polar surface area (TPSA) is 26.3 Å². The summed E-state index contributed by atoms with van der Waals surface area (Å²) in [5.74, 6) is -1.88. The second kappa shape index (κ2) is 5.68. The number of carbonyl (C=O) groups excluding carboxylic acids is 1. The van der Waals surface area contributed by atoms with Gasteiger partial charge in [-0.15, -0.1) is 0 Å². The molecule has 0 aromatic carbocycles. The molecule has 1 saturated carbocycles. The lowest BCUT2D eigenvalue weighted by molar-refractivity contribution is -0.327. The number of carbonyl (C=O) groups is 1. The van der Waals surface area contributed by atoms with Crippen molar-refractivity contribution in [2.75, 3.05) is 0 Å². The van der Waals surface area contributed by atoms with E-state index in [9.17, 15) is 31.1 Å². The van der Waals surface area contributed by atoms with Gasteiger partial charge in [0.1, 0.15) is 6.10 Å². The van der Waals surface area contributed by atoms with Gasteiger partial charge in [-0.2, -0.15) is 26.3 Å². The van der Waals surface area contributed by atoms with Gasteiger partial charge in [-0.3, -0.25) is 4.79 Å². The third-order valence-electron chi connectivity index (χ3n) is 4.37. The van der Waals surface area contributed by atoms with E-state index in [1.807, 2.05) is 13.8 Å². The van der Waals surface area contributed by atoms with E-state index in [1.165, 1.54) is 0 Å². The molecule has 0 aliphatic heterocycles. The Balaban J connectivity index is 2.89. The average molecular weight is 320 g/mol. The molecule has 2 nitrogen and oxygen atoms in total. The first kappa shape index (κ1) is 18.1. The van der Waals surface area contributed by atoms with E-state index in [4.69, 9.17) is 0 Å². The zero-order valence-electron chi connectivity index (χ0n) is 11.9. The number of alkyl halides is 6. The predicted octanol–water partition coefficient (Wildman–Crippen LogP) is 4.49. The molecule has 0 heterocycles. The van der Waals surface area contributed by atoms with Crippen molar-refractivity contribution in [3.63, 3.8) is 0 Å². The first-order chi connectivity index (χ1) is 9.30. The molecule has 3 atom stereocenters. The molecule has 0 aromatic heterocycles. The molecule has 1 fully saturated rings.